The maximum Gasteiger partial charge on any atom is 0.278 e. The molecule has 1 fully saturated rings. The van der Waals surface area contributed by atoms with Gasteiger partial charge in [-0.1, -0.05) is 0 Å². The molecule has 5 nitrogen and oxygen atoms in total. The molecular weight excluding hydrogens is 398 g/mol. The van der Waals surface area contributed by atoms with Crippen LogP contribution in [0, 0.1) is 23.0 Å². The first-order valence-corrected chi connectivity index (χ1v) is 10.6. The molecule has 0 aliphatic carbocycles. The van der Waals surface area contributed by atoms with Crippen LogP contribution < -0.4 is 9.80 Å². The SMILES string of the molecule is CN(C(=O)C[NH+]1CC[NH+](C(c2ccc(F)cc2)c2ccc(F)cc2)CC1)C(C)(C)C#N. The minimum atomic E-state index is -0.833. The summed E-state index contributed by atoms with van der Waals surface area (Å²) in [5.74, 6) is -0.610. The van der Waals surface area contributed by atoms with Crippen LogP contribution in [0.25, 0.3) is 0 Å². The molecule has 1 aliphatic heterocycles. The number of quaternary nitrogens is 2. The number of halogens is 2. The summed E-state index contributed by atoms with van der Waals surface area (Å²) in [5.41, 5.74) is 1.14. The number of carbonyl (C=O) groups is 1. The van der Waals surface area contributed by atoms with Gasteiger partial charge < -0.3 is 14.7 Å². The Morgan fingerprint density at radius 2 is 1.45 bits per heavy atom. The Balaban J connectivity index is 1.71. The lowest BCUT2D eigenvalue weighted by Crippen LogP contribution is -3.28. The number of nitrogens with one attached hydrogen (secondary N) is 2. The van der Waals surface area contributed by atoms with Crippen LogP contribution in [0.5, 0.6) is 0 Å². The Morgan fingerprint density at radius 1 is 1.00 bits per heavy atom. The summed E-state index contributed by atoms with van der Waals surface area (Å²) in [6, 6.07) is 15.1. The van der Waals surface area contributed by atoms with Crippen LogP contribution >= 0.6 is 0 Å². The van der Waals surface area contributed by atoms with E-state index in [0.29, 0.717) is 6.54 Å². The maximum atomic E-state index is 13.5. The number of rotatable bonds is 6. The molecular formula is C24H30F2N4O+2. The lowest BCUT2D eigenvalue weighted by Gasteiger charge is -2.36. The number of likely N-dealkylation sites (N-methyl/N-ethyl adjacent to an activating group) is 1. The van der Waals surface area contributed by atoms with Gasteiger partial charge in [-0.15, -0.1) is 0 Å². The minimum absolute atomic E-state index is 0.0290. The smallest absolute Gasteiger partial charge is 0.278 e. The van der Waals surface area contributed by atoms with Crippen molar-refractivity contribution in [1.29, 1.82) is 5.26 Å². The van der Waals surface area contributed by atoms with Crippen LogP contribution in [0.2, 0.25) is 0 Å². The van der Waals surface area contributed by atoms with Crippen molar-refractivity contribution in [3.05, 3.63) is 71.3 Å². The third-order valence-corrected chi connectivity index (χ3v) is 6.30. The zero-order valence-electron chi connectivity index (χ0n) is 18.3. The van der Waals surface area contributed by atoms with Gasteiger partial charge in [0, 0.05) is 18.2 Å². The molecule has 2 aromatic rings. The van der Waals surface area contributed by atoms with E-state index in [4.69, 9.17) is 0 Å². The monoisotopic (exact) mass is 428 g/mol. The van der Waals surface area contributed by atoms with E-state index in [9.17, 15) is 18.8 Å². The third-order valence-electron chi connectivity index (χ3n) is 6.30. The first kappa shape index (κ1) is 22.9. The highest BCUT2D eigenvalue weighted by Gasteiger charge is 2.35. The van der Waals surface area contributed by atoms with Crippen molar-refractivity contribution < 1.29 is 23.4 Å². The van der Waals surface area contributed by atoms with Crippen LogP contribution in [0.4, 0.5) is 8.78 Å². The molecule has 7 heteroatoms. The molecule has 0 unspecified atom stereocenters. The van der Waals surface area contributed by atoms with Crippen molar-refractivity contribution in [2.45, 2.75) is 25.4 Å². The van der Waals surface area contributed by atoms with Crippen molar-refractivity contribution in [3.63, 3.8) is 0 Å². The van der Waals surface area contributed by atoms with Crippen LogP contribution in [0.3, 0.4) is 0 Å². The predicted molar refractivity (Wildman–Crippen MR) is 113 cm³/mol. The molecule has 1 heterocycles. The molecule has 3 rings (SSSR count). The van der Waals surface area contributed by atoms with Crippen LogP contribution in [-0.2, 0) is 4.79 Å². The number of piperazine rings is 1. The van der Waals surface area contributed by atoms with Gasteiger partial charge in [0.1, 0.15) is 49.4 Å². The number of carbonyl (C=O) groups excluding carboxylic acids is 1. The van der Waals surface area contributed by atoms with Crippen molar-refractivity contribution in [3.8, 4) is 6.07 Å². The average molecular weight is 429 g/mol. The van der Waals surface area contributed by atoms with Crippen LogP contribution in [0.15, 0.2) is 48.5 Å². The molecule has 1 aliphatic rings. The maximum absolute atomic E-state index is 13.5. The van der Waals surface area contributed by atoms with Crippen LogP contribution in [-0.4, -0.2) is 56.1 Å². The summed E-state index contributed by atoms with van der Waals surface area (Å²) >= 11 is 0. The van der Waals surface area contributed by atoms with Gasteiger partial charge in [0.25, 0.3) is 5.91 Å². The standard InChI is InChI=1S/C24H28F2N4O/c1-24(2,17-27)28(3)22(31)16-29-12-14-30(15-13-29)23(18-4-8-20(25)9-5-18)19-6-10-21(26)11-7-19/h4-11,23H,12-16H2,1-3H3/p+2. The molecule has 0 atom stereocenters. The molecule has 2 N–H and O–H groups in total. The largest absolute Gasteiger partial charge is 0.323 e. The fourth-order valence-corrected chi connectivity index (χ4v) is 4.08. The first-order valence-electron chi connectivity index (χ1n) is 10.6. The second-order valence-electron chi connectivity index (χ2n) is 8.74. The molecule has 0 spiro atoms. The summed E-state index contributed by atoms with van der Waals surface area (Å²) in [7, 11) is 1.67. The lowest BCUT2D eigenvalue weighted by molar-refractivity contribution is -1.02. The Morgan fingerprint density at radius 3 is 1.87 bits per heavy atom. The predicted octanol–water partition coefficient (Wildman–Crippen LogP) is 0.598. The molecule has 1 amide bonds. The molecule has 2 aromatic carbocycles. The summed E-state index contributed by atoms with van der Waals surface area (Å²) in [5, 5.41) is 9.26. The number of hydrogen-bond acceptors (Lipinski definition) is 2. The number of nitrogens with zero attached hydrogens (tertiary/aromatic N) is 2. The molecule has 1 saturated heterocycles. The van der Waals surface area contributed by atoms with Crippen molar-refractivity contribution >= 4 is 5.91 Å². The van der Waals surface area contributed by atoms with Crippen molar-refractivity contribution in [2.24, 2.45) is 0 Å². The molecule has 0 saturated carbocycles. The van der Waals surface area contributed by atoms with E-state index in [1.165, 1.54) is 39.0 Å². The highest BCUT2D eigenvalue weighted by atomic mass is 19.1. The topological polar surface area (TPSA) is 53.0 Å². The Labute approximate surface area is 182 Å². The zero-order valence-corrected chi connectivity index (χ0v) is 18.3. The van der Waals surface area contributed by atoms with Gasteiger partial charge in [0.05, 0.1) is 6.07 Å². The van der Waals surface area contributed by atoms with Gasteiger partial charge in [-0.05, 0) is 62.4 Å². The van der Waals surface area contributed by atoms with Crippen molar-refractivity contribution in [1.82, 2.24) is 4.90 Å². The van der Waals surface area contributed by atoms with Gasteiger partial charge in [-0.3, -0.25) is 4.79 Å². The van der Waals surface area contributed by atoms with E-state index in [1.807, 2.05) is 0 Å². The van der Waals surface area contributed by atoms with E-state index in [0.717, 1.165) is 37.3 Å². The van der Waals surface area contributed by atoms with Gasteiger partial charge in [-0.25, -0.2) is 8.78 Å². The summed E-state index contributed by atoms with van der Waals surface area (Å²) < 4.78 is 27.0. The average Bonchev–Trinajstić information content (AvgIpc) is 2.77. The van der Waals surface area contributed by atoms with E-state index < -0.39 is 5.54 Å². The van der Waals surface area contributed by atoms with Gasteiger partial charge in [0.2, 0.25) is 0 Å². The number of hydrogen-bond donors (Lipinski definition) is 2. The molecule has 0 aromatic heterocycles. The van der Waals surface area contributed by atoms with E-state index in [2.05, 4.69) is 6.07 Å². The van der Waals surface area contributed by atoms with Gasteiger partial charge in [-0.2, -0.15) is 5.26 Å². The van der Waals surface area contributed by atoms with Gasteiger partial charge in [0.15, 0.2) is 6.54 Å². The second kappa shape index (κ2) is 9.54. The molecule has 0 bridgehead atoms. The summed E-state index contributed by atoms with van der Waals surface area (Å²) in [4.78, 5) is 16.6. The normalized spacial score (nSPS) is 19.1. The zero-order chi connectivity index (χ0) is 22.6. The molecule has 31 heavy (non-hydrogen) atoms. The van der Waals surface area contributed by atoms with Gasteiger partial charge >= 0.3 is 0 Å². The minimum Gasteiger partial charge on any atom is -0.323 e. The second-order valence-corrected chi connectivity index (χ2v) is 8.74. The van der Waals surface area contributed by atoms with Crippen molar-refractivity contribution in [2.75, 3.05) is 39.8 Å². The Kier molecular flexibility index (Phi) is 7.04. The number of benzene rings is 2. The lowest BCUT2D eigenvalue weighted by atomic mass is 9.96. The Bertz CT molecular complexity index is 884. The Hall–Kier alpha value is -2.82. The molecule has 164 valence electrons. The third kappa shape index (κ3) is 5.46. The molecule has 0 radical (unpaired) electrons. The highest BCUT2D eigenvalue weighted by Crippen LogP contribution is 2.20. The van der Waals surface area contributed by atoms with Crippen LogP contribution in [0.1, 0.15) is 31.0 Å². The fourth-order valence-electron chi connectivity index (χ4n) is 4.08. The van der Waals surface area contributed by atoms with E-state index in [1.54, 1.807) is 45.2 Å². The quantitative estimate of drug-likeness (QED) is 0.708. The number of amides is 1. The van der Waals surface area contributed by atoms with E-state index >= 15 is 0 Å². The van der Waals surface area contributed by atoms with E-state index in [-0.39, 0.29) is 23.6 Å². The summed E-state index contributed by atoms with van der Waals surface area (Å²) in [6.07, 6.45) is 0. The summed E-state index contributed by atoms with van der Waals surface area (Å²) in [6.45, 7) is 7.09. The number of nitriles is 1. The first-order chi connectivity index (χ1) is 14.7. The highest BCUT2D eigenvalue weighted by molar-refractivity contribution is 5.78. The fraction of sp³-hybridized carbons (Fsp3) is 0.417.